The molecular weight excluding hydrogens is 522 g/mol. The van der Waals surface area contributed by atoms with Crippen molar-refractivity contribution in [2.24, 2.45) is 0 Å². The summed E-state index contributed by atoms with van der Waals surface area (Å²) in [5, 5.41) is 34.8. The summed E-state index contributed by atoms with van der Waals surface area (Å²) >= 11 is 0. The van der Waals surface area contributed by atoms with Crippen LogP contribution >= 0.6 is 0 Å². The number of nitrogens with one attached hydrogen (secondary N) is 3. The fourth-order valence-electron chi connectivity index (χ4n) is 3.98. The van der Waals surface area contributed by atoms with Crippen LogP contribution in [0, 0.1) is 0 Å². The van der Waals surface area contributed by atoms with E-state index in [0.717, 1.165) is 57.1 Å². The van der Waals surface area contributed by atoms with E-state index in [1.807, 2.05) is 10.8 Å². The first-order chi connectivity index (χ1) is 18.8. The zero-order valence-corrected chi connectivity index (χ0v) is 23.5. The lowest BCUT2D eigenvalue weighted by atomic mass is 10.1. The average molecular weight is 566 g/mol. The lowest BCUT2D eigenvalue weighted by Gasteiger charge is -2.14. The normalized spacial score (nSPS) is 12.3. The van der Waals surface area contributed by atoms with Crippen LogP contribution in [0.1, 0.15) is 68.2 Å². The lowest BCUT2D eigenvalue weighted by Crippen LogP contribution is -2.39. The van der Waals surface area contributed by atoms with E-state index in [4.69, 9.17) is 4.74 Å². The topological polar surface area (TPSA) is 157 Å². The van der Waals surface area contributed by atoms with Gasteiger partial charge in [-0.3, -0.25) is 0 Å². The smallest absolute Gasteiger partial charge is 0.328 e. The number of ether oxygens (including phenoxy) is 1. The number of phenols is 1. The first-order valence-corrected chi connectivity index (χ1v) is 15.0. The summed E-state index contributed by atoms with van der Waals surface area (Å²) < 4.78 is 32.4. The van der Waals surface area contributed by atoms with Crippen LogP contribution < -0.4 is 15.4 Å². The molecular formula is C28H43N3O7S. The third-order valence-electron chi connectivity index (χ3n) is 6.17. The molecule has 0 radical (unpaired) electrons. The predicted molar refractivity (Wildman–Crippen MR) is 150 cm³/mol. The van der Waals surface area contributed by atoms with E-state index < -0.39 is 22.2 Å². The van der Waals surface area contributed by atoms with Crippen molar-refractivity contribution in [3.63, 3.8) is 0 Å². The van der Waals surface area contributed by atoms with Gasteiger partial charge in [-0.2, -0.15) is 0 Å². The summed E-state index contributed by atoms with van der Waals surface area (Å²) in [6.45, 7) is 4.35. The van der Waals surface area contributed by atoms with E-state index >= 15 is 0 Å². The van der Waals surface area contributed by atoms with Crippen molar-refractivity contribution in [3.8, 4) is 5.75 Å². The molecule has 2 aromatic carbocycles. The van der Waals surface area contributed by atoms with Crippen LogP contribution in [0.5, 0.6) is 5.75 Å². The Morgan fingerprint density at radius 2 is 1.74 bits per heavy atom. The highest BCUT2D eigenvalue weighted by molar-refractivity contribution is 7.90. The molecule has 1 atom stereocenters. The van der Waals surface area contributed by atoms with Crippen LogP contribution in [0.4, 0.5) is 4.79 Å². The van der Waals surface area contributed by atoms with Gasteiger partial charge in [-0.15, -0.1) is 0 Å². The Hall–Kier alpha value is -2.70. The van der Waals surface area contributed by atoms with E-state index in [9.17, 15) is 28.5 Å². The van der Waals surface area contributed by atoms with Gasteiger partial charge < -0.3 is 30.7 Å². The molecule has 10 nitrogen and oxygen atoms in total. The number of benzene rings is 2. The molecule has 0 aromatic heterocycles. The van der Waals surface area contributed by atoms with E-state index in [0.29, 0.717) is 37.4 Å². The second-order valence-electron chi connectivity index (χ2n) is 9.36. The van der Waals surface area contributed by atoms with Crippen molar-refractivity contribution in [1.82, 2.24) is 15.4 Å². The van der Waals surface area contributed by atoms with Crippen molar-refractivity contribution in [1.29, 1.82) is 0 Å². The second-order valence-corrected chi connectivity index (χ2v) is 11.0. The number of aliphatic hydroxyl groups excluding tert-OH is 2. The highest BCUT2D eigenvalue weighted by atomic mass is 32.2. The van der Waals surface area contributed by atoms with Crippen molar-refractivity contribution in [3.05, 3.63) is 59.2 Å². The molecule has 6 N–H and O–H groups in total. The van der Waals surface area contributed by atoms with Gasteiger partial charge in [-0.25, -0.2) is 17.9 Å². The van der Waals surface area contributed by atoms with Gasteiger partial charge in [0, 0.05) is 31.9 Å². The van der Waals surface area contributed by atoms with Gasteiger partial charge in [0.25, 0.3) is 10.0 Å². The highest BCUT2D eigenvalue weighted by Crippen LogP contribution is 2.22. The van der Waals surface area contributed by atoms with Crippen LogP contribution in [-0.4, -0.2) is 62.6 Å². The van der Waals surface area contributed by atoms with Gasteiger partial charge in [0.2, 0.25) is 0 Å². The molecule has 0 aliphatic rings. The summed E-state index contributed by atoms with van der Waals surface area (Å²) in [6.07, 6.45) is 5.89. The Bertz CT molecular complexity index is 1110. The van der Waals surface area contributed by atoms with Gasteiger partial charge in [0.1, 0.15) is 5.75 Å². The maximum atomic E-state index is 12.3. The molecule has 0 saturated heterocycles. The van der Waals surface area contributed by atoms with Crippen molar-refractivity contribution in [2.45, 2.75) is 69.5 Å². The summed E-state index contributed by atoms with van der Waals surface area (Å²) in [7, 11) is -3.90. The number of hydrogen-bond acceptors (Lipinski definition) is 8. The van der Waals surface area contributed by atoms with Crippen LogP contribution in [-0.2, 0) is 27.8 Å². The van der Waals surface area contributed by atoms with Crippen LogP contribution in [0.15, 0.2) is 47.4 Å². The van der Waals surface area contributed by atoms with Crippen molar-refractivity contribution in [2.75, 3.05) is 32.8 Å². The molecule has 2 rings (SSSR count). The molecule has 0 saturated carbocycles. The Balaban J connectivity index is 1.49. The number of urea groups is 1. The zero-order chi connectivity index (χ0) is 28.5. The second kappa shape index (κ2) is 17.8. The molecule has 0 heterocycles. The summed E-state index contributed by atoms with van der Waals surface area (Å²) in [6, 6.07) is 10.6. The number of unbranched alkanes of at least 4 members (excludes halogenated alkanes) is 4. The van der Waals surface area contributed by atoms with E-state index in [-0.39, 0.29) is 17.3 Å². The van der Waals surface area contributed by atoms with E-state index in [1.54, 1.807) is 31.2 Å². The number of sulfonamides is 1. The van der Waals surface area contributed by atoms with Crippen LogP contribution in [0.3, 0.4) is 0 Å². The molecule has 0 aliphatic carbocycles. The highest BCUT2D eigenvalue weighted by Gasteiger charge is 2.17. The molecule has 2 aromatic rings. The van der Waals surface area contributed by atoms with Gasteiger partial charge in [-0.1, -0.05) is 31.0 Å². The molecule has 0 aliphatic heterocycles. The molecule has 1 unspecified atom stereocenters. The summed E-state index contributed by atoms with van der Waals surface area (Å²) in [5.74, 6) is 0.0238. The third-order valence-corrected chi connectivity index (χ3v) is 7.49. The first-order valence-electron chi connectivity index (χ1n) is 13.6. The minimum atomic E-state index is -3.90. The molecule has 11 heteroatoms. The summed E-state index contributed by atoms with van der Waals surface area (Å²) in [5.41, 5.74) is 1.96. The molecule has 218 valence electrons. The largest absolute Gasteiger partial charge is 0.508 e. The number of rotatable bonds is 19. The number of carbonyl (C=O) groups excluding carboxylic acids is 1. The van der Waals surface area contributed by atoms with Gasteiger partial charge in [0.15, 0.2) is 0 Å². The monoisotopic (exact) mass is 565 g/mol. The van der Waals surface area contributed by atoms with E-state index in [1.165, 1.54) is 12.1 Å². The fourth-order valence-corrected chi connectivity index (χ4v) is 4.98. The molecule has 39 heavy (non-hydrogen) atoms. The lowest BCUT2D eigenvalue weighted by molar-refractivity contribution is 0.126. The number of aryl methyl sites for hydroxylation is 1. The predicted octanol–water partition coefficient (Wildman–Crippen LogP) is 3.12. The molecule has 0 spiro atoms. The van der Waals surface area contributed by atoms with Gasteiger partial charge >= 0.3 is 6.03 Å². The minimum absolute atomic E-state index is 0.0238. The molecule has 0 bridgehead atoms. The number of hydrogen-bond donors (Lipinski definition) is 6. The Morgan fingerprint density at radius 3 is 2.49 bits per heavy atom. The number of amides is 2. The van der Waals surface area contributed by atoms with Crippen molar-refractivity contribution < 1.29 is 33.3 Å². The Morgan fingerprint density at radius 1 is 1.00 bits per heavy atom. The molecule has 0 fully saturated rings. The number of aromatic hydroxyl groups is 1. The zero-order valence-electron chi connectivity index (χ0n) is 22.7. The van der Waals surface area contributed by atoms with E-state index in [2.05, 4.69) is 10.6 Å². The number of carbonyl (C=O) groups is 1. The van der Waals surface area contributed by atoms with Crippen molar-refractivity contribution >= 4 is 16.1 Å². The van der Waals surface area contributed by atoms with Crippen LogP contribution in [0.25, 0.3) is 0 Å². The summed E-state index contributed by atoms with van der Waals surface area (Å²) in [4.78, 5) is 11.6. The average Bonchev–Trinajstić information content (AvgIpc) is 2.91. The first kappa shape index (κ1) is 32.5. The van der Waals surface area contributed by atoms with Gasteiger partial charge in [0.05, 0.1) is 17.6 Å². The maximum Gasteiger partial charge on any atom is 0.328 e. The SMILES string of the molecule is CCNC(=O)NS(=O)(=O)c1cccc(CCCCOCCCCCCNCC(O)c2ccc(O)c(CO)c2)c1. The molecule has 2 amide bonds. The quantitative estimate of drug-likeness (QED) is 0.142. The third kappa shape index (κ3) is 12.3. The maximum absolute atomic E-state index is 12.3. The number of aliphatic hydroxyl groups is 2. The van der Waals surface area contributed by atoms with Gasteiger partial charge in [-0.05, 0) is 81.0 Å². The standard InChI is InChI=1S/C28H43N3O7S/c1-2-30-28(35)31-39(36,37)25-12-9-11-22(18-25)10-5-8-17-38-16-7-4-3-6-15-29-20-27(34)23-13-14-26(33)24(19-23)21-32/h9,11-14,18-19,27,29,32-34H,2-8,10,15-17,20-21H2,1H3,(H2,30,31,35). The Kier molecular flexibility index (Phi) is 14.8. The Labute approximate surface area is 231 Å². The minimum Gasteiger partial charge on any atom is -0.508 e. The fraction of sp³-hybridized carbons (Fsp3) is 0.536. The van der Waals surface area contributed by atoms with Crippen LogP contribution in [0.2, 0.25) is 0 Å².